The number of hydrogen-bond donors (Lipinski definition) is 3. The smallest absolute Gasteiger partial charge is 0.322 e. The molecule has 0 radical (unpaired) electrons. The number of nitrogens with one attached hydrogen (secondary N) is 1. The highest BCUT2D eigenvalue weighted by Crippen LogP contribution is 2.37. The number of carboxylic acid groups (broad SMARTS) is 1. The fourth-order valence-electron chi connectivity index (χ4n) is 1.69. The number of hydrogen-bond acceptors (Lipinski definition) is 4. The van der Waals surface area contributed by atoms with Gasteiger partial charge in [0.15, 0.2) is 0 Å². The predicted octanol–water partition coefficient (Wildman–Crippen LogP) is 2.46. The standard InChI is InChI=1S/C14H12BrFN2O3S/c15-8-5-11(13(19)18-6-10(17)14(20)21)22-12(8)7-3-1-2-4-9(7)16/h1-5,10H,6,17H2,(H,18,19)(H,20,21)/t10-/m1/s1. The molecule has 0 saturated carbocycles. The molecule has 22 heavy (non-hydrogen) atoms. The second-order valence-corrected chi connectivity index (χ2v) is 6.33. The maximum atomic E-state index is 13.8. The lowest BCUT2D eigenvalue weighted by atomic mass is 10.2. The average Bonchev–Trinajstić information content (AvgIpc) is 2.86. The van der Waals surface area contributed by atoms with E-state index < -0.39 is 17.9 Å². The van der Waals surface area contributed by atoms with Crippen molar-refractivity contribution in [3.8, 4) is 10.4 Å². The highest BCUT2D eigenvalue weighted by molar-refractivity contribution is 9.10. The Morgan fingerprint density at radius 1 is 1.41 bits per heavy atom. The topological polar surface area (TPSA) is 92.4 Å². The van der Waals surface area contributed by atoms with E-state index in [0.29, 0.717) is 19.8 Å². The number of halogens is 2. The number of carbonyl (C=O) groups excluding carboxylic acids is 1. The van der Waals surface area contributed by atoms with Crippen LogP contribution in [0.15, 0.2) is 34.8 Å². The van der Waals surface area contributed by atoms with E-state index in [4.69, 9.17) is 10.8 Å². The Morgan fingerprint density at radius 3 is 2.73 bits per heavy atom. The number of aliphatic carboxylic acids is 1. The molecule has 0 aliphatic rings. The Balaban J connectivity index is 2.18. The van der Waals surface area contributed by atoms with Crippen LogP contribution in [-0.2, 0) is 4.79 Å². The third-order valence-electron chi connectivity index (χ3n) is 2.83. The Labute approximate surface area is 138 Å². The number of carbonyl (C=O) groups is 2. The molecule has 2 rings (SSSR count). The SMILES string of the molecule is N[C@H](CNC(=O)c1cc(Br)c(-c2ccccc2F)s1)C(=O)O. The van der Waals surface area contributed by atoms with Crippen molar-refractivity contribution in [3.63, 3.8) is 0 Å². The third-order valence-corrected chi connectivity index (χ3v) is 4.88. The van der Waals surface area contributed by atoms with Crippen LogP contribution in [0.3, 0.4) is 0 Å². The van der Waals surface area contributed by atoms with E-state index in [1.54, 1.807) is 24.3 Å². The van der Waals surface area contributed by atoms with Gasteiger partial charge in [0.25, 0.3) is 5.91 Å². The van der Waals surface area contributed by atoms with E-state index in [0.717, 1.165) is 11.3 Å². The number of nitrogens with two attached hydrogens (primary N) is 1. The van der Waals surface area contributed by atoms with Gasteiger partial charge in [-0.3, -0.25) is 9.59 Å². The van der Waals surface area contributed by atoms with Crippen LogP contribution < -0.4 is 11.1 Å². The largest absolute Gasteiger partial charge is 0.480 e. The molecule has 1 amide bonds. The third kappa shape index (κ3) is 3.70. The molecular formula is C14H12BrFN2O3S. The van der Waals surface area contributed by atoms with Gasteiger partial charge in [0.2, 0.25) is 0 Å². The molecule has 0 saturated heterocycles. The van der Waals surface area contributed by atoms with Crippen molar-refractivity contribution in [3.05, 3.63) is 45.5 Å². The minimum absolute atomic E-state index is 0.182. The van der Waals surface area contributed by atoms with Crippen LogP contribution in [0.2, 0.25) is 0 Å². The molecule has 0 aliphatic carbocycles. The van der Waals surface area contributed by atoms with Crippen molar-refractivity contribution in [2.75, 3.05) is 6.54 Å². The molecule has 1 aromatic heterocycles. The summed E-state index contributed by atoms with van der Waals surface area (Å²) in [7, 11) is 0. The van der Waals surface area contributed by atoms with Gasteiger partial charge in [-0.15, -0.1) is 11.3 Å². The molecule has 2 aromatic rings. The van der Waals surface area contributed by atoms with Gasteiger partial charge in [-0.05, 0) is 28.1 Å². The van der Waals surface area contributed by atoms with E-state index in [2.05, 4.69) is 21.2 Å². The fourth-order valence-corrected chi connectivity index (χ4v) is 3.52. The summed E-state index contributed by atoms with van der Waals surface area (Å²) < 4.78 is 14.4. The van der Waals surface area contributed by atoms with Crippen LogP contribution in [0.1, 0.15) is 9.67 Å². The molecule has 4 N–H and O–H groups in total. The molecule has 116 valence electrons. The number of carboxylic acids is 1. The van der Waals surface area contributed by atoms with Gasteiger partial charge >= 0.3 is 5.97 Å². The number of thiophene rings is 1. The van der Waals surface area contributed by atoms with Gasteiger partial charge in [-0.2, -0.15) is 0 Å². The zero-order valence-electron chi connectivity index (χ0n) is 11.2. The molecular weight excluding hydrogens is 375 g/mol. The van der Waals surface area contributed by atoms with Gasteiger partial charge in [0.05, 0.1) is 9.75 Å². The first kappa shape index (κ1) is 16.6. The fraction of sp³-hybridized carbons (Fsp3) is 0.143. The van der Waals surface area contributed by atoms with Gasteiger partial charge < -0.3 is 16.2 Å². The van der Waals surface area contributed by atoms with Crippen LogP contribution in [0.25, 0.3) is 10.4 Å². The summed E-state index contributed by atoms with van der Waals surface area (Å²) in [5.41, 5.74) is 5.71. The summed E-state index contributed by atoms with van der Waals surface area (Å²) in [4.78, 5) is 23.5. The highest BCUT2D eigenvalue weighted by atomic mass is 79.9. The number of benzene rings is 1. The van der Waals surface area contributed by atoms with Gasteiger partial charge in [-0.1, -0.05) is 18.2 Å². The zero-order valence-corrected chi connectivity index (χ0v) is 13.6. The van der Waals surface area contributed by atoms with Crippen molar-refractivity contribution in [2.45, 2.75) is 6.04 Å². The van der Waals surface area contributed by atoms with E-state index >= 15 is 0 Å². The van der Waals surface area contributed by atoms with E-state index in [-0.39, 0.29) is 12.4 Å². The number of rotatable bonds is 5. The van der Waals surface area contributed by atoms with Crippen LogP contribution in [0.5, 0.6) is 0 Å². The first-order chi connectivity index (χ1) is 10.4. The second-order valence-electron chi connectivity index (χ2n) is 4.42. The summed E-state index contributed by atoms with van der Waals surface area (Å²) in [6, 6.07) is 6.64. The first-order valence-corrected chi connectivity index (χ1v) is 7.82. The average molecular weight is 387 g/mol. The molecule has 0 spiro atoms. The minimum atomic E-state index is -1.19. The molecule has 0 unspecified atom stereocenters. The Kier molecular flexibility index (Phi) is 5.28. The van der Waals surface area contributed by atoms with Gasteiger partial charge in [0.1, 0.15) is 11.9 Å². The van der Waals surface area contributed by atoms with Crippen LogP contribution in [0.4, 0.5) is 4.39 Å². The van der Waals surface area contributed by atoms with Crippen LogP contribution >= 0.6 is 27.3 Å². The maximum absolute atomic E-state index is 13.8. The summed E-state index contributed by atoms with van der Waals surface area (Å²) >= 11 is 4.41. The van der Waals surface area contributed by atoms with Gasteiger partial charge in [0, 0.05) is 16.6 Å². The maximum Gasteiger partial charge on any atom is 0.322 e. The molecule has 0 aliphatic heterocycles. The van der Waals surface area contributed by atoms with Crippen molar-refractivity contribution < 1.29 is 19.1 Å². The second kappa shape index (κ2) is 6.99. The molecule has 0 bridgehead atoms. The number of amides is 1. The van der Waals surface area contributed by atoms with E-state index in [1.807, 2.05) is 0 Å². The minimum Gasteiger partial charge on any atom is -0.480 e. The van der Waals surface area contributed by atoms with Crippen molar-refractivity contribution >= 4 is 39.1 Å². The normalized spacial score (nSPS) is 12.0. The van der Waals surface area contributed by atoms with Crippen molar-refractivity contribution in [1.29, 1.82) is 0 Å². The molecule has 1 heterocycles. The molecule has 8 heteroatoms. The van der Waals surface area contributed by atoms with Crippen LogP contribution in [0, 0.1) is 5.82 Å². The van der Waals surface area contributed by atoms with E-state index in [1.165, 1.54) is 6.07 Å². The summed E-state index contributed by atoms with van der Waals surface area (Å²) in [6.45, 7) is -0.182. The zero-order chi connectivity index (χ0) is 16.3. The predicted molar refractivity (Wildman–Crippen MR) is 85.4 cm³/mol. The Bertz CT molecular complexity index is 720. The molecule has 1 atom stereocenters. The lowest BCUT2D eigenvalue weighted by Crippen LogP contribution is -2.42. The van der Waals surface area contributed by atoms with Gasteiger partial charge in [-0.25, -0.2) is 4.39 Å². The Hall–Kier alpha value is -1.77. The molecule has 1 aromatic carbocycles. The summed E-state index contributed by atoms with van der Waals surface area (Å²) in [6.07, 6.45) is 0. The Morgan fingerprint density at radius 2 is 2.09 bits per heavy atom. The van der Waals surface area contributed by atoms with Crippen molar-refractivity contribution in [1.82, 2.24) is 5.32 Å². The summed E-state index contributed by atoms with van der Waals surface area (Å²) in [5.74, 6) is -2.03. The van der Waals surface area contributed by atoms with Crippen molar-refractivity contribution in [2.24, 2.45) is 5.73 Å². The van der Waals surface area contributed by atoms with Crippen LogP contribution in [-0.4, -0.2) is 29.6 Å². The van der Waals surface area contributed by atoms with E-state index in [9.17, 15) is 14.0 Å². The quantitative estimate of drug-likeness (QED) is 0.735. The highest BCUT2D eigenvalue weighted by Gasteiger charge is 2.18. The summed E-state index contributed by atoms with van der Waals surface area (Å²) in [5, 5.41) is 11.1. The first-order valence-electron chi connectivity index (χ1n) is 6.21. The lowest BCUT2D eigenvalue weighted by molar-refractivity contribution is -0.138. The monoisotopic (exact) mass is 386 g/mol. The molecule has 0 fully saturated rings. The lowest BCUT2D eigenvalue weighted by Gasteiger charge is -2.07. The molecule has 5 nitrogen and oxygen atoms in total.